The minimum absolute atomic E-state index is 0.142. The van der Waals surface area contributed by atoms with E-state index < -0.39 is 5.97 Å². The molecule has 3 rings (SSSR count). The molecule has 1 saturated carbocycles. The summed E-state index contributed by atoms with van der Waals surface area (Å²) in [6.45, 7) is 0. The van der Waals surface area contributed by atoms with Crippen LogP contribution in [0.4, 0.5) is 0 Å². The highest BCUT2D eigenvalue weighted by Crippen LogP contribution is 2.43. The van der Waals surface area contributed by atoms with Gasteiger partial charge in [0, 0.05) is 5.92 Å². The first kappa shape index (κ1) is 11.3. The molecule has 92 valence electrons. The van der Waals surface area contributed by atoms with Gasteiger partial charge in [-0.1, -0.05) is 29.8 Å². The standard InChI is InChI=1S/C13H11ClN2O2/c14-12-10(13(17)18)11(8-6-7-8)15-16(12)9-4-2-1-3-5-9/h1-5,8H,6-7H2,(H,17,18). The second kappa shape index (κ2) is 4.14. The van der Waals surface area contributed by atoms with E-state index in [0.717, 1.165) is 18.5 Å². The summed E-state index contributed by atoms with van der Waals surface area (Å²) in [5.41, 5.74) is 1.52. The van der Waals surface area contributed by atoms with E-state index in [4.69, 9.17) is 11.6 Å². The summed E-state index contributed by atoms with van der Waals surface area (Å²) in [6, 6.07) is 9.32. The van der Waals surface area contributed by atoms with E-state index in [1.165, 1.54) is 4.68 Å². The Morgan fingerprint density at radius 2 is 2.00 bits per heavy atom. The maximum atomic E-state index is 11.3. The SMILES string of the molecule is O=C(O)c1c(C2CC2)nn(-c2ccccc2)c1Cl. The molecule has 18 heavy (non-hydrogen) atoms. The third-order valence-electron chi connectivity index (χ3n) is 3.03. The van der Waals surface area contributed by atoms with Crippen molar-refractivity contribution in [3.8, 4) is 5.69 Å². The lowest BCUT2D eigenvalue weighted by molar-refractivity contribution is 0.0696. The first-order chi connectivity index (χ1) is 8.68. The van der Waals surface area contributed by atoms with Crippen molar-refractivity contribution >= 4 is 17.6 Å². The van der Waals surface area contributed by atoms with Crippen molar-refractivity contribution in [1.82, 2.24) is 9.78 Å². The Hall–Kier alpha value is -1.81. The zero-order valence-corrected chi connectivity index (χ0v) is 10.3. The fourth-order valence-corrected chi connectivity index (χ4v) is 2.31. The monoisotopic (exact) mass is 262 g/mol. The van der Waals surface area contributed by atoms with Gasteiger partial charge in [0.15, 0.2) is 0 Å². The molecule has 0 saturated heterocycles. The van der Waals surface area contributed by atoms with E-state index in [-0.39, 0.29) is 16.6 Å². The van der Waals surface area contributed by atoms with Crippen LogP contribution < -0.4 is 0 Å². The summed E-state index contributed by atoms with van der Waals surface area (Å²) < 4.78 is 1.50. The third-order valence-corrected chi connectivity index (χ3v) is 3.38. The second-order valence-electron chi connectivity index (χ2n) is 4.38. The molecule has 0 aliphatic heterocycles. The van der Waals surface area contributed by atoms with Crippen LogP contribution in [0.1, 0.15) is 34.8 Å². The Balaban J connectivity index is 2.17. The summed E-state index contributed by atoms with van der Waals surface area (Å²) in [4.78, 5) is 11.3. The molecule has 0 bridgehead atoms. The van der Waals surface area contributed by atoms with E-state index in [1.54, 1.807) is 0 Å². The molecule has 1 aliphatic carbocycles. The van der Waals surface area contributed by atoms with E-state index in [2.05, 4.69) is 5.10 Å². The predicted molar refractivity (Wildman–Crippen MR) is 67.5 cm³/mol. The molecule has 4 nitrogen and oxygen atoms in total. The summed E-state index contributed by atoms with van der Waals surface area (Å²) >= 11 is 6.15. The number of carbonyl (C=O) groups is 1. The lowest BCUT2D eigenvalue weighted by atomic mass is 10.2. The molecule has 0 spiro atoms. The van der Waals surface area contributed by atoms with Gasteiger partial charge in [-0.05, 0) is 25.0 Å². The summed E-state index contributed by atoms with van der Waals surface area (Å²) in [5, 5.41) is 13.8. The molecule has 1 aliphatic rings. The summed E-state index contributed by atoms with van der Waals surface area (Å²) in [7, 11) is 0. The van der Waals surface area contributed by atoms with Crippen LogP contribution in [0.25, 0.3) is 5.69 Å². The number of para-hydroxylation sites is 1. The zero-order valence-electron chi connectivity index (χ0n) is 9.51. The quantitative estimate of drug-likeness (QED) is 0.925. The van der Waals surface area contributed by atoms with Gasteiger partial charge in [0.05, 0.1) is 11.4 Å². The van der Waals surface area contributed by atoms with Crippen molar-refractivity contribution in [3.05, 3.63) is 46.7 Å². The van der Waals surface area contributed by atoms with Gasteiger partial charge in [-0.2, -0.15) is 5.10 Å². The van der Waals surface area contributed by atoms with Crippen LogP contribution in [-0.4, -0.2) is 20.9 Å². The topological polar surface area (TPSA) is 55.1 Å². The van der Waals surface area contributed by atoms with Gasteiger partial charge in [-0.15, -0.1) is 0 Å². The normalized spacial score (nSPS) is 14.7. The molecule has 2 aromatic rings. The maximum Gasteiger partial charge on any atom is 0.340 e. The first-order valence-electron chi connectivity index (χ1n) is 5.75. The Kier molecular flexibility index (Phi) is 2.59. The number of hydrogen-bond donors (Lipinski definition) is 1. The van der Waals surface area contributed by atoms with Crippen LogP contribution >= 0.6 is 11.6 Å². The molecule has 0 radical (unpaired) electrons. The predicted octanol–water partition coefficient (Wildman–Crippen LogP) is 3.10. The van der Waals surface area contributed by atoms with Gasteiger partial charge in [-0.3, -0.25) is 0 Å². The van der Waals surface area contributed by atoms with Crippen molar-refractivity contribution in [2.45, 2.75) is 18.8 Å². The highest BCUT2D eigenvalue weighted by atomic mass is 35.5. The van der Waals surface area contributed by atoms with Crippen molar-refractivity contribution in [3.63, 3.8) is 0 Å². The average molecular weight is 263 g/mol. The van der Waals surface area contributed by atoms with Crippen molar-refractivity contribution < 1.29 is 9.90 Å². The maximum absolute atomic E-state index is 11.3. The molecule has 1 heterocycles. The number of rotatable bonds is 3. The number of benzene rings is 1. The number of carboxylic acids is 1. The molecule has 1 aromatic heterocycles. The third kappa shape index (κ3) is 1.78. The largest absolute Gasteiger partial charge is 0.478 e. The Bertz CT molecular complexity index is 603. The van der Waals surface area contributed by atoms with Gasteiger partial charge in [0.25, 0.3) is 0 Å². The average Bonchev–Trinajstić information content (AvgIpc) is 3.14. The summed E-state index contributed by atoms with van der Waals surface area (Å²) in [6.07, 6.45) is 1.98. The summed E-state index contributed by atoms with van der Waals surface area (Å²) in [5.74, 6) is -0.761. The number of hydrogen-bond acceptors (Lipinski definition) is 2. The smallest absolute Gasteiger partial charge is 0.340 e. The molecular weight excluding hydrogens is 252 g/mol. The number of halogens is 1. The minimum atomic E-state index is -1.01. The first-order valence-corrected chi connectivity index (χ1v) is 6.13. The highest BCUT2D eigenvalue weighted by molar-refractivity contribution is 6.33. The number of carboxylic acid groups (broad SMARTS) is 1. The molecule has 1 N–H and O–H groups in total. The molecule has 1 fully saturated rings. The van der Waals surface area contributed by atoms with Gasteiger partial charge >= 0.3 is 5.97 Å². The van der Waals surface area contributed by atoms with E-state index >= 15 is 0 Å². The molecule has 5 heteroatoms. The number of aromatic carboxylic acids is 1. The van der Waals surface area contributed by atoms with E-state index in [1.807, 2.05) is 30.3 Å². The lowest BCUT2D eigenvalue weighted by Crippen LogP contribution is -1.99. The molecule has 1 aromatic carbocycles. The van der Waals surface area contributed by atoms with Crippen LogP contribution in [0.15, 0.2) is 30.3 Å². The molecule has 0 amide bonds. The zero-order chi connectivity index (χ0) is 12.7. The highest BCUT2D eigenvalue weighted by Gasteiger charge is 2.34. The Labute approximate surface area is 109 Å². The number of aromatic nitrogens is 2. The lowest BCUT2D eigenvalue weighted by Gasteiger charge is -2.01. The van der Waals surface area contributed by atoms with Crippen molar-refractivity contribution in [1.29, 1.82) is 0 Å². The van der Waals surface area contributed by atoms with Crippen LogP contribution in [0.5, 0.6) is 0 Å². The Morgan fingerprint density at radius 1 is 1.33 bits per heavy atom. The van der Waals surface area contributed by atoms with Gasteiger partial charge in [0.1, 0.15) is 10.7 Å². The van der Waals surface area contributed by atoms with Crippen LogP contribution in [0.3, 0.4) is 0 Å². The van der Waals surface area contributed by atoms with E-state index in [9.17, 15) is 9.90 Å². The minimum Gasteiger partial charge on any atom is -0.478 e. The second-order valence-corrected chi connectivity index (χ2v) is 4.74. The van der Waals surface area contributed by atoms with Crippen molar-refractivity contribution in [2.75, 3.05) is 0 Å². The van der Waals surface area contributed by atoms with Crippen LogP contribution in [0.2, 0.25) is 5.15 Å². The van der Waals surface area contributed by atoms with Crippen LogP contribution in [0, 0.1) is 0 Å². The van der Waals surface area contributed by atoms with Gasteiger partial charge in [0.2, 0.25) is 0 Å². The fraction of sp³-hybridized carbons (Fsp3) is 0.231. The van der Waals surface area contributed by atoms with Crippen LogP contribution in [-0.2, 0) is 0 Å². The fourth-order valence-electron chi connectivity index (χ4n) is 1.99. The van der Waals surface area contributed by atoms with Crippen molar-refractivity contribution in [2.24, 2.45) is 0 Å². The molecular formula is C13H11ClN2O2. The number of nitrogens with zero attached hydrogens (tertiary/aromatic N) is 2. The van der Waals surface area contributed by atoms with Gasteiger partial charge < -0.3 is 5.11 Å². The van der Waals surface area contributed by atoms with Gasteiger partial charge in [-0.25, -0.2) is 9.48 Å². The van der Waals surface area contributed by atoms with E-state index in [0.29, 0.717) is 5.69 Å². The molecule has 0 unspecified atom stereocenters. The Morgan fingerprint density at radius 3 is 2.56 bits per heavy atom. The molecule has 0 atom stereocenters.